The molecule has 0 unspecified atom stereocenters. The third-order valence-corrected chi connectivity index (χ3v) is 4.95. The molecular weight excluding hydrogens is 416 g/mol. The van der Waals surface area contributed by atoms with E-state index in [1.807, 2.05) is 38.1 Å². The Morgan fingerprint density at radius 3 is 2.42 bits per heavy atom. The van der Waals surface area contributed by atoms with Gasteiger partial charge in [0.15, 0.2) is 0 Å². The van der Waals surface area contributed by atoms with Crippen molar-refractivity contribution in [1.29, 1.82) is 0 Å². The van der Waals surface area contributed by atoms with Gasteiger partial charge in [-0.25, -0.2) is 0 Å². The van der Waals surface area contributed by atoms with Gasteiger partial charge < -0.3 is 19.7 Å². The van der Waals surface area contributed by atoms with E-state index in [9.17, 15) is 9.59 Å². The predicted molar refractivity (Wildman–Crippen MR) is 122 cm³/mol. The van der Waals surface area contributed by atoms with E-state index < -0.39 is 6.04 Å². The summed E-state index contributed by atoms with van der Waals surface area (Å²) in [5.41, 5.74) is 0.898. The highest BCUT2D eigenvalue weighted by molar-refractivity contribution is 6.30. The smallest absolute Gasteiger partial charge is 0.242 e. The summed E-state index contributed by atoms with van der Waals surface area (Å²) in [6, 6.07) is 14.0. The molecule has 0 fully saturated rings. The van der Waals surface area contributed by atoms with Gasteiger partial charge in [-0.05, 0) is 69.2 Å². The molecule has 1 atom stereocenters. The number of carbonyl (C=O) groups excluding carboxylic acids is 2. The molecule has 2 amide bonds. The van der Waals surface area contributed by atoms with E-state index >= 15 is 0 Å². The topological polar surface area (TPSA) is 67.9 Å². The molecule has 0 heterocycles. The second kappa shape index (κ2) is 12.2. The molecule has 31 heavy (non-hydrogen) atoms. The second-order valence-electron chi connectivity index (χ2n) is 7.62. The summed E-state index contributed by atoms with van der Waals surface area (Å²) < 4.78 is 11.0. The molecule has 6 nitrogen and oxygen atoms in total. The van der Waals surface area contributed by atoms with Crippen LogP contribution in [0.15, 0.2) is 48.5 Å². The van der Waals surface area contributed by atoms with Crippen LogP contribution < -0.4 is 14.8 Å². The van der Waals surface area contributed by atoms with Crippen LogP contribution in [0.2, 0.25) is 5.02 Å². The number of methoxy groups -OCH3 is 1. The highest BCUT2D eigenvalue weighted by atomic mass is 35.5. The predicted octanol–water partition coefficient (Wildman–Crippen LogP) is 4.45. The van der Waals surface area contributed by atoms with Crippen molar-refractivity contribution >= 4 is 23.4 Å². The summed E-state index contributed by atoms with van der Waals surface area (Å²) in [7, 11) is 1.60. The van der Waals surface area contributed by atoms with Crippen LogP contribution in [-0.4, -0.2) is 42.5 Å². The highest BCUT2D eigenvalue weighted by Gasteiger charge is 2.26. The molecule has 0 bridgehead atoms. The van der Waals surface area contributed by atoms with Crippen LogP contribution in [0, 0.1) is 0 Å². The first kappa shape index (κ1) is 24.5. The minimum Gasteiger partial charge on any atom is -0.497 e. The van der Waals surface area contributed by atoms with Crippen molar-refractivity contribution < 1.29 is 19.1 Å². The lowest BCUT2D eigenvalue weighted by Gasteiger charge is -2.29. The number of hydrogen-bond acceptors (Lipinski definition) is 4. The summed E-state index contributed by atoms with van der Waals surface area (Å²) >= 11 is 5.88. The van der Waals surface area contributed by atoms with Gasteiger partial charge in [0.05, 0.1) is 13.7 Å². The Bertz CT molecular complexity index is 855. The molecule has 1 N–H and O–H groups in total. The third kappa shape index (κ3) is 8.13. The van der Waals surface area contributed by atoms with Gasteiger partial charge in [-0.1, -0.05) is 23.7 Å². The first-order valence-electron chi connectivity index (χ1n) is 10.4. The average molecular weight is 447 g/mol. The minimum atomic E-state index is -0.599. The summed E-state index contributed by atoms with van der Waals surface area (Å²) in [4.78, 5) is 27.2. The number of benzene rings is 2. The van der Waals surface area contributed by atoms with E-state index in [1.165, 1.54) is 0 Å². The number of nitrogens with zero attached hydrogens (tertiary/aromatic N) is 1. The fraction of sp³-hybridized carbons (Fsp3) is 0.417. The van der Waals surface area contributed by atoms with Crippen LogP contribution >= 0.6 is 11.6 Å². The van der Waals surface area contributed by atoms with E-state index in [0.29, 0.717) is 36.1 Å². The van der Waals surface area contributed by atoms with Crippen molar-refractivity contribution in [1.82, 2.24) is 10.2 Å². The van der Waals surface area contributed by atoms with E-state index in [1.54, 1.807) is 43.2 Å². The van der Waals surface area contributed by atoms with Gasteiger partial charge >= 0.3 is 0 Å². The van der Waals surface area contributed by atoms with Gasteiger partial charge in [-0.15, -0.1) is 0 Å². The van der Waals surface area contributed by atoms with Gasteiger partial charge in [-0.3, -0.25) is 9.59 Å². The molecular formula is C24H31ClN2O4. The normalized spacial score (nSPS) is 11.7. The molecule has 2 aromatic carbocycles. The summed E-state index contributed by atoms with van der Waals surface area (Å²) in [6.07, 6.45) is 0.811. The average Bonchev–Trinajstić information content (AvgIpc) is 2.75. The largest absolute Gasteiger partial charge is 0.497 e. The van der Waals surface area contributed by atoms with Crippen LogP contribution in [0.5, 0.6) is 11.5 Å². The Labute approximate surface area is 189 Å². The summed E-state index contributed by atoms with van der Waals surface area (Å²) in [5, 5.41) is 3.53. The van der Waals surface area contributed by atoms with Crippen molar-refractivity contribution in [3.05, 3.63) is 59.1 Å². The number of hydrogen-bond donors (Lipinski definition) is 1. The van der Waals surface area contributed by atoms with Crippen LogP contribution in [0.4, 0.5) is 0 Å². The van der Waals surface area contributed by atoms with Gasteiger partial charge in [-0.2, -0.15) is 0 Å². The Morgan fingerprint density at radius 1 is 1.06 bits per heavy atom. The fourth-order valence-electron chi connectivity index (χ4n) is 3.04. The van der Waals surface area contributed by atoms with E-state index in [2.05, 4.69) is 5.32 Å². The van der Waals surface area contributed by atoms with Gasteiger partial charge in [0.25, 0.3) is 0 Å². The maximum absolute atomic E-state index is 13.0. The Hall–Kier alpha value is -2.73. The number of rotatable bonds is 11. The van der Waals surface area contributed by atoms with Crippen molar-refractivity contribution in [3.63, 3.8) is 0 Å². The highest BCUT2D eigenvalue weighted by Crippen LogP contribution is 2.18. The lowest BCUT2D eigenvalue weighted by molar-refractivity contribution is -0.141. The van der Waals surface area contributed by atoms with Crippen LogP contribution in [0.3, 0.4) is 0 Å². The van der Waals surface area contributed by atoms with Crippen molar-refractivity contribution in [3.8, 4) is 11.5 Å². The van der Waals surface area contributed by atoms with E-state index in [-0.39, 0.29) is 24.3 Å². The standard InChI is InChI=1S/C24H31ClN2O4/c1-17(2)26-24(29)18(3)27(16-19-7-5-8-22(15-19)30-4)23(28)9-6-14-31-21-12-10-20(25)11-13-21/h5,7-8,10-13,15,17-18H,6,9,14,16H2,1-4H3,(H,26,29)/t18-/m0/s1. The Kier molecular flexibility index (Phi) is 9.66. The number of carbonyl (C=O) groups is 2. The zero-order valence-electron chi connectivity index (χ0n) is 18.6. The van der Waals surface area contributed by atoms with Crippen molar-refractivity contribution in [2.75, 3.05) is 13.7 Å². The molecule has 0 aliphatic rings. The SMILES string of the molecule is COc1cccc(CN(C(=O)CCCOc2ccc(Cl)cc2)[C@@H](C)C(=O)NC(C)C)c1. The quantitative estimate of drug-likeness (QED) is 0.518. The molecule has 0 aliphatic carbocycles. The summed E-state index contributed by atoms with van der Waals surface area (Å²) in [5.74, 6) is 1.13. The maximum atomic E-state index is 13.0. The van der Waals surface area contributed by atoms with Gasteiger partial charge in [0.1, 0.15) is 17.5 Å². The van der Waals surface area contributed by atoms with E-state index in [4.69, 9.17) is 21.1 Å². The first-order chi connectivity index (χ1) is 14.8. The molecule has 2 rings (SSSR count). The minimum absolute atomic E-state index is 0.00324. The molecule has 0 radical (unpaired) electrons. The van der Waals surface area contributed by atoms with Gasteiger partial charge in [0.2, 0.25) is 11.8 Å². The Balaban J connectivity index is 2.02. The Morgan fingerprint density at radius 2 is 1.77 bits per heavy atom. The lowest BCUT2D eigenvalue weighted by atomic mass is 10.1. The first-order valence-corrected chi connectivity index (χ1v) is 10.8. The lowest BCUT2D eigenvalue weighted by Crippen LogP contribution is -2.49. The second-order valence-corrected chi connectivity index (χ2v) is 8.05. The van der Waals surface area contributed by atoms with Gasteiger partial charge in [0, 0.05) is 24.0 Å². The number of halogens is 1. The van der Waals surface area contributed by atoms with E-state index in [0.717, 1.165) is 5.56 Å². The van der Waals surface area contributed by atoms with Crippen LogP contribution in [-0.2, 0) is 16.1 Å². The molecule has 7 heteroatoms. The molecule has 0 aromatic heterocycles. The number of nitrogens with one attached hydrogen (secondary N) is 1. The maximum Gasteiger partial charge on any atom is 0.242 e. The van der Waals surface area contributed by atoms with Crippen molar-refractivity contribution in [2.45, 2.75) is 52.2 Å². The monoisotopic (exact) mass is 446 g/mol. The molecule has 2 aromatic rings. The molecule has 0 saturated carbocycles. The van der Waals surface area contributed by atoms with Crippen molar-refractivity contribution in [2.24, 2.45) is 0 Å². The molecule has 0 spiro atoms. The third-order valence-electron chi connectivity index (χ3n) is 4.70. The zero-order chi connectivity index (χ0) is 22.8. The fourth-order valence-corrected chi connectivity index (χ4v) is 3.17. The summed E-state index contributed by atoms with van der Waals surface area (Å²) in [6.45, 7) is 6.26. The number of amides is 2. The molecule has 0 aliphatic heterocycles. The zero-order valence-corrected chi connectivity index (χ0v) is 19.3. The van der Waals surface area contributed by atoms with Crippen LogP contribution in [0.25, 0.3) is 0 Å². The number of ether oxygens (including phenoxy) is 2. The molecule has 168 valence electrons. The molecule has 0 saturated heterocycles. The van der Waals surface area contributed by atoms with Crippen LogP contribution in [0.1, 0.15) is 39.2 Å².